The average molecular weight is 291 g/mol. The Bertz CT molecular complexity index is 578. The molecule has 6 heteroatoms. The van der Waals surface area contributed by atoms with E-state index in [1.807, 2.05) is 32.9 Å². The standard InChI is InChI=1S/C15H21N3O3/c1-4-20-15(2,3)14-17-13(21-18-14)12(16)9-10-5-7-11(19)8-6-10/h5-8,12,19H,4,9,16H2,1-3H3/t12-/m0/s1. The zero-order valence-corrected chi connectivity index (χ0v) is 12.5. The number of rotatable bonds is 6. The highest BCUT2D eigenvalue weighted by molar-refractivity contribution is 5.26. The highest BCUT2D eigenvalue weighted by atomic mass is 16.5. The van der Waals surface area contributed by atoms with E-state index in [1.54, 1.807) is 12.1 Å². The highest BCUT2D eigenvalue weighted by Crippen LogP contribution is 2.24. The van der Waals surface area contributed by atoms with E-state index in [0.29, 0.717) is 24.7 Å². The van der Waals surface area contributed by atoms with Crippen molar-refractivity contribution in [2.75, 3.05) is 6.61 Å². The van der Waals surface area contributed by atoms with Crippen molar-refractivity contribution in [2.45, 2.75) is 38.8 Å². The monoisotopic (exact) mass is 291 g/mol. The maximum absolute atomic E-state index is 9.27. The van der Waals surface area contributed by atoms with Gasteiger partial charge in [-0.25, -0.2) is 0 Å². The molecule has 6 nitrogen and oxygen atoms in total. The number of ether oxygens (including phenoxy) is 1. The summed E-state index contributed by atoms with van der Waals surface area (Å²) in [5.74, 6) is 1.09. The van der Waals surface area contributed by atoms with Gasteiger partial charge in [0.25, 0.3) is 0 Å². The quantitative estimate of drug-likeness (QED) is 0.848. The van der Waals surface area contributed by atoms with E-state index in [1.165, 1.54) is 0 Å². The van der Waals surface area contributed by atoms with E-state index < -0.39 is 11.6 Å². The smallest absolute Gasteiger partial charge is 0.244 e. The summed E-state index contributed by atoms with van der Waals surface area (Å²) in [6, 6.07) is 6.49. The lowest BCUT2D eigenvalue weighted by Crippen LogP contribution is -2.23. The van der Waals surface area contributed by atoms with E-state index in [4.69, 9.17) is 15.0 Å². The first kappa shape index (κ1) is 15.5. The van der Waals surface area contributed by atoms with Gasteiger partial charge in [-0.3, -0.25) is 0 Å². The van der Waals surface area contributed by atoms with Crippen LogP contribution in [-0.4, -0.2) is 21.9 Å². The van der Waals surface area contributed by atoms with Crippen molar-refractivity contribution in [1.82, 2.24) is 10.1 Å². The van der Waals surface area contributed by atoms with Crippen LogP contribution >= 0.6 is 0 Å². The van der Waals surface area contributed by atoms with Crippen LogP contribution < -0.4 is 5.73 Å². The minimum absolute atomic E-state index is 0.228. The van der Waals surface area contributed by atoms with Gasteiger partial charge in [-0.05, 0) is 44.9 Å². The summed E-state index contributed by atoms with van der Waals surface area (Å²) in [5, 5.41) is 13.2. The van der Waals surface area contributed by atoms with Gasteiger partial charge in [-0.15, -0.1) is 0 Å². The fraction of sp³-hybridized carbons (Fsp3) is 0.467. The summed E-state index contributed by atoms with van der Waals surface area (Å²) in [7, 11) is 0. The predicted molar refractivity (Wildman–Crippen MR) is 77.7 cm³/mol. The molecule has 0 fully saturated rings. The maximum atomic E-state index is 9.27. The molecule has 114 valence electrons. The lowest BCUT2D eigenvalue weighted by molar-refractivity contribution is -0.0221. The molecule has 0 aliphatic heterocycles. The number of aromatic nitrogens is 2. The number of nitrogens with two attached hydrogens (primary N) is 1. The zero-order chi connectivity index (χ0) is 15.5. The third kappa shape index (κ3) is 3.80. The maximum Gasteiger partial charge on any atom is 0.244 e. The first-order valence-electron chi connectivity index (χ1n) is 6.94. The van der Waals surface area contributed by atoms with E-state index in [9.17, 15) is 5.11 Å². The van der Waals surface area contributed by atoms with Crippen molar-refractivity contribution < 1.29 is 14.4 Å². The van der Waals surface area contributed by atoms with E-state index in [2.05, 4.69) is 10.1 Å². The first-order valence-corrected chi connectivity index (χ1v) is 6.94. The lowest BCUT2D eigenvalue weighted by atomic mass is 10.1. The summed E-state index contributed by atoms with van der Waals surface area (Å²) in [6.07, 6.45) is 0.553. The molecule has 2 rings (SSSR count). The van der Waals surface area contributed by atoms with Gasteiger partial charge in [0.05, 0.1) is 6.04 Å². The number of phenols is 1. The van der Waals surface area contributed by atoms with E-state index >= 15 is 0 Å². The van der Waals surface area contributed by atoms with Crippen molar-refractivity contribution >= 4 is 0 Å². The largest absolute Gasteiger partial charge is 0.508 e. The van der Waals surface area contributed by atoms with Crippen LogP contribution in [0.5, 0.6) is 5.75 Å². The molecule has 1 aromatic heterocycles. The number of hydrogen-bond donors (Lipinski definition) is 2. The molecule has 1 atom stereocenters. The third-order valence-electron chi connectivity index (χ3n) is 3.19. The normalized spacial score (nSPS) is 13.3. The SMILES string of the molecule is CCOC(C)(C)c1noc([C@@H](N)Cc2ccc(O)cc2)n1. The van der Waals surface area contributed by atoms with Crippen molar-refractivity contribution in [3.05, 3.63) is 41.5 Å². The molecular formula is C15H21N3O3. The molecule has 0 spiro atoms. The Morgan fingerprint density at radius 1 is 1.33 bits per heavy atom. The van der Waals surface area contributed by atoms with Crippen molar-refractivity contribution in [3.8, 4) is 5.75 Å². The molecule has 0 radical (unpaired) electrons. The summed E-state index contributed by atoms with van der Waals surface area (Å²) >= 11 is 0. The number of phenolic OH excluding ortho intramolecular Hbond substituents is 1. The molecule has 0 amide bonds. The van der Waals surface area contributed by atoms with Crippen LogP contribution in [0.3, 0.4) is 0 Å². The van der Waals surface area contributed by atoms with Crippen LogP contribution in [0.1, 0.15) is 44.1 Å². The number of hydrogen-bond acceptors (Lipinski definition) is 6. The van der Waals surface area contributed by atoms with Crippen molar-refractivity contribution in [2.24, 2.45) is 5.73 Å². The molecule has 0 unspecified atom stereocenters. The van der Waals surface area contributed by atoms with Crippen molar-refractivity contribution in [1.29, 1.82) is 0 Å². The minimum atomic E-state index is -0.602. The summed E-state index contributed by atoms with van der Waals surface area (Å²) in [6.45, 7) is 6.25. The minimum Gasteiger partial charge on any atom is -0.508 e. The van der Waals surface area contributed by atoms with Crippen molar-refractivity contribution in [3.63, 3.8) is 0 Å². The molecule has 0 saturated heterocycles. The van der Waals surface area contributed by atoms with Gasteiger partial charge < -0.3 is 20.1 Å². The Hall–Kier alpha value is -1.92. The van der Waals surface area contributed by atoms with Crippen LogP contribution in [0.2, 0.25) is 0 Å². The molecule has 2 aromatic rings. The Balaban J connectivity index is 2.08. The Morgan fingerprint density at radius 2 is 2.00 bits per heavy atom. The van der Waals surface area contributed by atoms with Gasteiger partial charge in [0.1, 0.15) is 11.4 Å². The third-order valence-corrected chi connectivity index (χ3v) is 3.19. The Labute approximate surface area is 123 Å². The number of nitrogens with zero attached hydrogens (tertiary/aromatic N) is 2. The van der Waals surface area contributed by atoms with Gasteiger partial charge in [0.15, 0.2) is 0 Å². The lowest BCUT2D eigenvalue weighted by Gasteiger charge is -2.19. The van der Waals surface area contributed by atoms with Gasteiger partial charge in [0, 0.05) is 6.61 Å². The van der Waals surface area contributed by atoms with E-state index in [-0.39, 0.29) is 5.75 Å². The van der Waals surface area contributed by atoms with Crippen LogP contribution in [0.25, 0.3) is 0 Å². The van der Waals surface area contributed by atoms with Crippen LogP contribution in [-0.2, 0) is 16.8 Å². The van der Waals surface area contributed by atoms with Crippen LogP contribution in [0, 0.1) is 0 Å². The molecule has 3 N–H and O–H groups in total. The van der Waals surface area contributed by atoms with Gasteiger partial charge in [-0.2, -0.15) is 4.98 Å². The second-order valence-electron chi connectivity index (χ2n) is 5.38. The molecule has 0 aliphatic carbocycles. The van der Waals surface area contributed by atoms with E-state index in [0.717, 1.165) is 5.56 Å². The molecule has 1 aromatic carbocycles. The Morgan fingerprint density at radius 3 is 2.62 bits per heavy atom. The average Bonchev–Trinajstić information content (AvgIpc) is 2.92. The molecule has 0 saturated carbocycles. The van der Waals surface area contributed by atoms with Gasteiger partial charge >= 0.3 is 0 Å². The number of benzene rings is 1. The zero-order valence-electron chi connectivity index (χ0n) is 12.5. The molecule has 1 heterocycles. The fourth-order valence-corrected chi connectivity index (χ4v) is 2.03. The first-order chi connectivity index (χ1) is 9.92. The van der Waals surface area contributed by atoms with Crippen LogP contribution in [0.15, 0.2) is 28.8 Å². The molecule has 0 aliphatic rings. The number of aromatic hydroxyl groups is 1. The highest BCUT2D eigenvalue weighted by Gasteiger charge is 2.28. The molecule has 0 bridgehead atoms. The molecule has 21 heavy (non-hydrogen) atoms. The Kier molecular flexibility index (Phi) is 4.59. The summed E-state index contributed by atoms with van der Waals surface area (Å²) in [5.41, 5.74) is 6.48. The summed E-state index contributed by atoms with van der Waals surface area (Å²) < 4.78 is 10.8. The second kappa shape index (κ2) is 6.24. The fourth-order valence-electron chi connectivity index (χ4n) is 2.03. The van der Waals surface area contributed by atoms with Gasteiger partial charge in [0.2, 0.25) is 11.7 Å². The predicted octanol–water partition coefficient (Wildman–Crippen LogP) is 2.29. The second-order valence-corrected chi connectivity index (χ2v) is 5.38. The topological polar surface area (TPSA) is 94.4 Å². The summed E-state index contributed by atoms with van der Waals surface area (Å²) in [4.78, 5) is 4.34. The molecular weight excluding hydrogens is 270 g/mol. The van der Waals surface area contributed by atoms with Crippen LogP contribution in [0.4, 0.5) is 0 Å². The van der Waals surface area contributed by atoms with Gasteiger partial charge in [-0.1, -0.05) is 17.3 Å².